The van der Waals surface area contributed by atoms with Crippen LogP contribution >= 0.6 is 11.3 Å². The zero-order valence-corrected chi connectivity index (χ0v) is 17.1. The number of thiazole rings is 1. The van der Waals surface area contributed by atoms with Crippen LogP contribution in [0.5, 0.6) is 0 Å². The number of sulfonamides is 1. The first kappa shape index (κ1) is 20.2. The molecule has 0 bridgehead atoms. The Balaban J connectivity index is 1.49. The van der Waals surface area contributed by atoms with Gasteiger partial charge in [-0.1, -0.05) is 0 Å². The van der Waals surface area contributed by atoms with Gasteiger partial charge < -0.3 is 5.32 Å². The van der Waals surface area contributed by atoms with E-state index in [4.69, 9.17) is 0 Å². The third-order valence-corrected chi connectivity index (χ3v) is 7.49. The maximum atomic E-state index is 13.8. The summed E-state index contributed by atoms with van der Waals surface area (Å²) >= 11 is 1.46. The van der Waals surface area contributed by atoms with Gasteiger partial charge in [-0.25, -0.2) is 23.1 Å². The van der Waals surface area contributed by atoms with Crippen LogP contribution in [0.25, 0.3) is 11.3 Å². The molecule has 0 amide bonds. The van der Waals surface area contributed by atoms with Crippen LogP contribution in [0, 0.1) is 11.9 Å². The minimum absolute atomic E-state index is 0.306. The lowest BCUT2D eigenvalue weighted by atomic mass is 9.86. The van der Waals surface area contributed by atoms with E-state index in [1.54, 1.807) is 26.0 Å². The van der Waals surface area contributed by atoms with Gasteiger partial charge in [-0.15, -0.1) is 11.3 Å². The molecule has 0 spiro atoms. The van der Waals surface area contributed by atoms with Crippen molar-refractivity contribution < 1.29 is 12.8 Å². The van der Waals surface area contributed by atoms with Crippen LogP contribution in [0.2, 0.25) is 0 Å². The molecule has 0 aromatic carbocycles. The maximum absolute atomic E-state index is 13.8. The normalized spacial score (nSPS) is 20.7. The molecule has 3 rings (SSSR count). The summed E-state index contributed by atoms with van der Waals surface area (Å²) in [5.41, 5.74) is 0.993. The van der Waals surface area contributed by atoms with E-state index in [0.29, 0.717) is 29.8 Å². The molecular formula is C18H25FN4O2S2. The second-order valence-electron chi connectivity index (χ2n) is 7.18. The van der Waals surface area contributed by atoms with Gasteiger partial charge in [0.15, 0.2) is 5.13 Å². The molecule has 0 aliphatic heterocycles. The highest BCUT2D eigenvalue weighted by molar-refractivity contribution is 7.90. The number of hydrogen-bond acceptors (Lipinski definition) is 6. The van der Waals surface area contributed by atoms with Gasteiger partial charge in [0, 0.05) is 24.2 Å². The van der Waals surface area contributed by atoms with Crippen LogP contribution in [-0.2, 0) is 10.0 Å². The molecule has 1 aliphatic carbocycles. The van der Waals surface area contributed by atoms with Crippen molar-refractivity contribution in [2.75, 3.05) is 11.9 Å². The lowest BCUT2D eigenvalue weighted by molar-refractivity contribution is 0.337. The van der Waals surface area contributed by atoms with Crippen LogP contribution in [-0.4, -0.2) is 36.2 Å². The summed E-state index contributed by atoms with van der Waals surface area (Å²) in [6.45, 7) is 3.88. The van der Waals surface area contributed by atoms with E-state index in [2.05, 4.69) is 20.0 Å². The first-order valence-corrected chi connectivity index (χ1v) is 11.6. The first-order chi connectivity index (χ1) is 12.8. The highest BCUT2D eigenvalue weighted by Crippen LogP contribution is 2.30. The zero-order chi connectivity index (χ0) is 19.4. The SMILES string of the molecule is CC(C)S(=O)(=O)NCC1CCC(Nc2nc(-c3cccnc3F)cs2)CC1. The summed E-state index contributed by atoms with van der Waals surface area (Å²) in [6.07, 6.45) is 5.28. The summed E-state index contributed by atoms with van der Waals surface area (Å²) in [5.74, 6) is -0.147. The highest BCUT2D eigenvalue weighted by Gasteiger charge is 2.24. The lowest BCUT2D eigenvalue weighted by Crippen LogP contribution is -2.37. The number of rotatable bonds is 7. The molecular weight excluding hydrogens is 387 g/mol. The van der Waals surface area contributed by atoms with Crippen LogP contribution in [0.15, 0.2) is 23.7 Å². The molecule has 2 N–H and O–H groups in total. The summed E-state index contributed by atoms with van der Waals surface area (Å²) in [5, 5.41) is 5.63. The van der Waals surface area contributed by atoms with Crippen molar-refractivity contribution in [2.45, 2.75) is 50.8 Å². The quantitative estimate of drug-likeness (QED) is 0.678. The Morgan fingerprint density at radius 2 is 2.04 bits per heavy atom. The van der Waals surface area contributed by atoms with E-state index < -0.39 is 21.2 Å². The Kier molecular flexibility index (Phi) is 6.44. The van der Waals surface area contributed by atoms with E-state index in [-0.39, 0.29) is 0 Å². The molecule has 9 heteroatoms. The minimum Gasteiger partial charge on any atom is -0.359 e. The Hall–Kier alpha value is -1.58. The smallest absolute Gasteiger partial charge is 0.222 e. The standard InChI is InChI=1S/C18H25FN4O2S2/c1-12(2)27(24,25)21-10-13-5-7-14(8-6-13)22-18-23-16(11-26-18)15-4-3-9-20-17(15)19/h3-4,9,11-14,21H,5-8,10H2,1-2H3,(H,22,23). The van der Waals surface area contributed by atoms with E-state index in [1.807, 2.05) is 5.38 Å². The van der Waals surface area contributed by atoms with Crippen molar-refractivity contribution in [3.05, 3.63) is 29.7 Å². The average Bonchev–Trinajstić information content (AvgIpc) is 3.09. The first-order valence-electron chi connectivity index (χ1n) is 9.16. The van der Waals surface area contributed by atoms with Gasteiger partial charge in [-0.3, -0.25) is 0 Å². The monoisotopic (exact) mass is 412 g/mol. The molecule has 1 fully saturated rings. The molecule has 6 nitrogen and oxygen atoms in total. The Bertz CT molecular complexity index is 862. The predicted octanol–water partition coefficient (Wildman–Crippen LogP) is 3.64. The third kappa shape index (κ3) is 5.24. The summed E-state index contributed by atoms with van der Waals surface area (Å²) < 4.78 is 40.2. The van der Waals surface area contributed by atoms with E-state index >= 15 is 0 Å². The molecule has 27 heavy (non-hydrogen) atoms. The molecule has 0 atom stereocenters. The number of pyridine rings is 1. The van der Waals surface area contributed by atoms with Crippen molar-refractivity contribution in [2.24, 2.45) is 5.92 Å². The van der Waals surface area contributed by atoms with Crippen LogP contribution in [0.3, 0.4) is 0 Å². The number of nitrogens with zero attached hydrogens (tertiary/aromatic N) is 2. The van der Waals surface area contributed by atoms with E-state index in [1.165, 1.54) is 17.5 Å². The number of nitrogens with one attached hydrogen (secondary N) is 2. The maximum Gasteiger partial charge on any atom is 0.222 e. The molecule has 2 heterocycles. The van der Waals surface area contributed by atoms with Crippen LogP contribution in [0.4, 0.5) is 9.52 Å². The Labute approximate surface area is 163 Å². The number of halogens is 1. The lowest BCUT2D eigenvalue weighted by Gasteiger charge is -2.29. The molecule has 0 unspecified atom stereocenters. The molecule has 2 aromatic rings. The third-order valence-electron chi connectivity index (χ3n) is 4.91. The minimum atomic E-state index is -3.20. The van der Waals surface area contributed by atoms with Crippen molar-refractivity contribution in [1.82, 2.24) is 14.7 Å². The molecule has 2 aromatic heterocycles. The van der Waals surface area contributed by atoms with Crippen molar-refractivity contribution in [1.29, 1.82) is 0 Å². The topological polar surface area (TPSA) is 84.0 Å². The van der Waals surface area contributed by atoms with Gasteiger partial charge in [0.2, 0.25) is 16.0 Å². The van der Waals surface area contributed by atoms with Gasteiger partial charge in [-0.2, -0.15) is 4.39 Å². The molecule has 148 valence electrons. The fourth-order valence-corrected chi connectivity index (χ4v) is 4.72. The second kappa shape index (κ2) is 8.62. The Morgan fingerprint density at radius 3 is 2.70 bits per heavy atom. The van der Waals surface area contributed by atoms with Crippen LogP contribution < -0.4 is 10.0 Å². The van der Waals surface area contributed by atoms with Gasteiger partial charge in [0.25, 0.3) is 0 Å². The van der Waals surface area contributed by atoms with Crippen molar-refractivity contribution in [3.63, 3.8) is 0 Å². The van der Waals surface area contributed by atoms with E-state index in [9.17, 15) is 12.8 Å². The van der Waals surface area contributed by atoms with Crippen molar-refractivity contribution in [3.8, 4) is 11.3 Å². The highest BCUT2D eigenvalue weighted by atomic mass is 32.2. The predicted molar refractivity (Wildman–Crippen MR) is 107 cm³/mol. The largest absolute Gasteiger partial charge is 0.359 e. The van der Waals surface area contributed by atoms with Gasteiger partial charge in [-0.05, 0) is 57.6 Å². The fourth-order valence-electron chi connectivity index (χ4n) is 3.13. The molecule has 0 saturated heterocycles. The fraction of sp³-hybridized carbons (Fsp3) is 0.556. The number of anilines is 1. The summed E-state index contributed by atoms with van der Waals surface area (Å²) in [7, 11) is -3.20. The van der Waals surface area contributed by atoms with Gasteiger partial charge in [0.1, 0.15) is 0 Å². The number of hydrogen-bond donors (Lipinski definition) is 2. The van der Waals surface area contributed by atoms with Crippen LogP contribution in [0.1, 0.15) is 39.5 Å². The average molecular weight is 413 g/mol. The van der Waals surface area contributed by atoms with Crippen molar-refractivity contribution >= 4 is 26.5 Å². The Morgan fingerprint density at radius 1 is 1.30 bits per heavy atom. The molecule has 1 aliphatic rings. The molecule has 0 radical (unpaired) electrons. The summed E-state index contributed by atoms with van der Waals surface area (Å²) in [6, 6.07) is 3.67. The number of aromatic nitrogens is 2. The van der Waals surface area contributed by atoms with E-state index in [0.717, 1.165) is 30.8 Å². The zero-order valence-electron chi connectivity index (χ0n) is 15.5. The molecule has 1 saturated carbocycles. The van der Waals surface area contributed by atoms with Gasteiger partial charge >= 0.3 is 0 Å². The second-order valence-corrected chi connectivity index (χ2v) is 10.4. The summed E-state index contributed by atoms with van der Waals surface area (Å²) in [4.78, 5) is 8.14. The van der Waals surface area contributed by atoms with Gasteiger partial charge in [0.05, 0.1) is 16.5 Å².